The Morgan fingerprint density at radius 1 is 0.569 bits per heavy atom. The van der Waals surface area contributed by atoms with Gasteiger partial charge in [-0.25, -0.2) is 4.79 Å². The molecule has 0 spiro atoms. The number of hydrogen-bond acceptors (Lipinski definition) is 6. The Kier molecular flexibility index (Phi) is 33.8. The highest BCUT2D eigenvalue weighted by atomic mass is 16.6. The molecular weight excluding hydrogens is 642 g/mol. The molecule has 0 bridgehead atoms. The largest absolute Gasteiger partial charge is 0.477 e. The second kappa shape index (κ2) is 35.1. The zero-order valence-electron chi connectivity index (χ0n) is 34.1. The average molecular weight is 725 g/mol. The van der Waals surface area contributed by atoms with Crippen LogP contribution < -0.4 is 0 Å². The molecule has 0 aromatic rings. The van der Waals surface area contributed by atoms with E-state index in [0.29, 0.717) is 19.3 Å². The molecular formula is C43H82NO7+. The second-order valence-corrected chi connectivity index (χ2v) is 15.6. The summed E-state index contributed by atoms with van der Waals surface area (Å²) in [7, 11) is 5.52. The van der Waals surface area contributed by atoms with Crippen LogP contribution in [0.25, 0.3) is 0 Å². The molecule has 0 saturated heterocycles. The van der Waals surface area contributed by atoms with E-state index in [0.717, 1.165) is 38.5 Å². The van der Waals surface area contributed by atoms with Crippen molar-refractivity contribution in [1.29, 1.82) is 0 Å². The van der Waals surface area contributed by atoms with Crippen molar-refractivity contribution in [3.63, 3.8) is 0 Å². The first-order valence-electron chi connectivity index (χ1n) is 21.2. The van der Waals surface area contributed by atoms with Crippen molar-refractivity contribution in [3.8, 4) is 0 Å². The summed E-state index contributed by atoms with van der Waals surface area (Å²) in [6, 6.07) is -0.609. The first kappa shape index (κ1) is 49.1. The van der Waals surface area contributed by atoms with Crippen molar-refractivity contribution in [2.24, 2.45) is 0 Å². The normalized spacial score (nSPS) is 13.0. The standard InChI is InChI=1S/C43H81NO7/c1-6-8-10-12-14-15-16-17-18-19-20-21-22-23-24-25-26-28-29-31-33-41(45)50-38-39(37-49-36-35-40(43(47)48)44(3,4)5)51-42(46)34-32-30-27-13-11-9-7-2/h20-21,39-40H,6-19,22-38H2,1-5H3/p+1/b21-20+. The van der Waals surface area contributed by atoms with Gasteiger partial charge in [-0.1, -0.05) is 148 Å². The van der Waals surface area contributed by atoms with E-state index in [-0.39, 0.29) is 36.2 Å². The number of likely N-dealkylation sites (N-methyl/N-ethyl adjacent to an activating group) is 1. The van der Waals surface area contributed by atoms with E-state index in [9.17, 15) is 19.5 Å². The maximum atomic E-state index is 12.6. The van der Waals surface area contributed by atoms with E-state index in [4.69, 9.17) is 14.2 Å². The number of carboxylic acids is 1. The molecule has 0 saturated carbocycles. The number of ether oxygens (including phenoxy) is 3. The van der Waals surface area contributed by atoms with Gasteiger partial charge in [-0.05, 0) is 38.5 Å². The number of rotatable bonds is 38. The minimum absolute atomic E-state index is 0.0487. The monoisotopic (exact) mass is 725 g/mol. The molecule has 0 rings (SSSR count). The Balaban J connectivity index is 4.17. The number of esters is 2. The Morgan fingerprint density at radius 2 is 0.980 bits per heavy atom. The van der Waals surface area contributed by atoms with Crippen molar-refractivity contribution < 1.29 is 38.2 Å². The Labute approximate surface area is 314 Å². The topological polar surface area (TPSA) is 99.1 Å². The molecule has 8 heteroatoms. The maximum absolute atomic E-state index is 12.6. The smallest absolute Gasteiger partial charge is 0.362 e. The van der Waals surface area contributed by atoms with Crippen LogP contribution in [0.3, 0.4) is 0 Å². The van der Waals surface area contributed by atoms with Crippen molar-refractivity contribution in [3.05, 3.63) is 12.2 Å². The molecule has 300 valence electrons. The quantitative estimate of drug-likeness (QED) is 0.0293. The predicted octanol–water partition coefficient (Wildman–Crippen LogP) is 11.1. The molecule has 8 nitrogen and oxygen atoms in total. The van der Waals surface area contributed by atoms with Crippen molar-refractivity contribution in [1.82, 2.24) is 0 Å². The second-order valence-electron chi connectivity index (χ2n) is 15.6. The zero-order chi connectivity index (χ0) is 37.8. The first-order valence-corrected chi connectivity index (χ1v) is 21.2. The summed E-state index contributed by atoms with van der Waals surface area (Å²) in [4.78, 5) is 36.7. The van der Waals surface area contributed by atoms with Gasteiger partial charge in [0.25, 0.3) is 0 Å². The number of nitrogens with zero attached hydrogens (tertiary/aromatic N) is 1. The van der Waals surface area contributed by atoms with Crippen LogP contribution >= 0.6 is 0 Å². The van der Waals surface area contributed by atoms with Gasteiger partial charge in [-0.2, -0.15) is 0 Å². The van der Waals surface area contributed by atoms with Gasteiger partial charge in [-0.3, -0.25) is 9.59 Å². The molecule has 0 aliphatic carbocycles. The molecule has 0 aromatic carbocycles. The number of aliphatic carboxylic acids is 1. The summed E-state index contributed by atoms with van der Waals surface area (Å²) in [6.07, 6.45) is 35.6. The van der Waals surface area contributed by atoms with Gasteiger partial charge in [0.1, 0.15) is 6.61 Å². The van der Waals surface area contributed by atoms with Crippen LogP contribution in [0.2, 0.25) is 0 Å². The molecule has 2 unspecified atom stereocenters. The van der Waals surface area contributed by atoms with Gasteiger partial charge < -0.3 is 23.8 Å². The summed E-state index contributed by atoms with van der Waals surface area (Å²) in [5.41, 5.74) is 0. The lowest BCUT2D eigenvalue weighted by atomic mass is 10.1. The minimum Gasteiger partial charge on any atom is -0.477 e. The van der Waals surface area contributed by atoms with Crippen molar-refractivity contribution in [2.75, 3.05) is 41.0 Å². The van der Waals surface area contributed by atoms with E-state index in [2.05, 4.69) is 26.0 Å². The highest BCUT2D eigenvalue weighted by Gasteiger charge is 2.31. The van der Waals surface area contributed by atoms with Crippen molar-refractivity contribution >= 4 is 17.9 Å². The number of quaternary nitrogens is 1. The summed E-state index contributed by atoms with van der Waals surface area (Å²) in [6.45, 7) is 4.70. The van der Waals surface area contributed by atoms with Gasteiger partial charge in [-0.15, -0.1) is 0 Å². The summed E-state index contributed by atoms with van der Waals surface area (Å²) in [5, 5.41) is 9.57. The van der Waals surface area contributed by atoms with Crippen molar-refractivity contribution in [2.45, 2.75) is 206 Å². The lowest BCUT2D eigenvalue weighted by Gasteiger charge is -2.31. The third kappa shape index (κ3) is 33.6. The molecule has 1 N–H and O–H groups in total. The molecule has 0 heterocycles. The van der Waals surface area contributed by atoms with Crippen LogP contribution in [-0.2, 0) is 28.6 Å². The Hall–Kier alpha value is -1.93. The maximum Gasteiger partial charge on any atom is 0.362 e. The predicted molar refractivity (Wildman–Crippen MR) is 211 cm³/mol. The number of allylic oxidation sites excluding steroid dienone is 2. The molecule has 51 heavy (non-hydrogen) atoms. The first-order chi connectivity index (χ1) is 24.6. The number of carbonyl (C=O) groups excluding carboxylic acids is 2. The Bertz CT molecular complexity index is 854. The van der Waals surface area contributed by atoms with Crippen LogP contribution in [0.5, 0.6) is 0 Å². The summed E-state index contributed by atoms with van der Waals surface area (Å²) in [5.74, 6) is -1.47. The minimum atomic E-state index is -0.875. The molecule has 0 aliphatic heterocycles. The average Bonchev–Trinajstić information content (AvgIpc) is 3.08. The van der Waals surface area contributed by atoms with E-state index < -0.39 is 18.1 Å². The third-order valence-electron chi connectivity index (χ3n) is 9.66. The summed E-state index contributed by atoms with van der Waals surface area (Å²) >= 11 is 0. The molecule has 0 fully saturated rings. The molecule has 0 amide bonds. The fraction of sp³-hybridized carbons (Fsp3) is 0.884. The molecule has 2 atom stereocenters. The van der Waals surface area contributed by atoms with Gasteiger partial charge in [0.15, 0.2) is 12.1 Å². The van der Waals surface area contributed by atoms with Crippen LogP contribution in [0, 0.1) is 0 Å². The van der Waals surface area contributed by atoms with Gasteiger partial charge >= 0.3 is 17.9 Å². The van der Waals surface area contributed by atoms with Gasteiger partial charge in [0, 0.05) is 19.3 Å². The molecule has 0 radical (unpaired) electrons. The Morgan fingerprint density at radius 3 is 1.41 bits per heavy atom. The van der Waals surface area contributed by atoms with Gasteiger partial charge in [0.05, 0.1) is 34.4 Å². The number of carboxylic acid groups (broad SMARTS) is 1. The molecule has 0 aromatic heterocycles. The number of unbranched alkanes of at least 4 members (excludes halogenated alkanes) is 22. The van der Waals surface area contributed by atoms with E-state index in [1.807, 2.05) is 21.1 Å². The number of hydrogen-bond donors (Lipinski definition) is 1. The number of carbonyl (C=O) groups is 3. The fourth-order valence-electron chi connectivity index (χ4n) is 6.32. The van der Waals surface area contributed by atoms with E-state index >= 15 is 0 Å². The highest BCUT2D eigenvalue weighted by molar-refractivity contribution is 5.72. The summed E-state index contributed by atoms with van der Waals surface area (Å²) < 4.78 is 17.2. The SMILES string of the molecule is CCCCCCCCCCC/C=C/CCCCCCCCCC(=O)OCC(COCCC(C(=O)O)[N+](C)(C)C)OC(=O)CCCCCCCCC. The lowest BCUT2D eigenvalue weighted by molar-refractivity contribution is -0.887. The van der Waals surface area contributed by atoms with E-state index in [1.165, 1.54) is 122 Å². The lowest BCUT2D eigenvalue weighted by Crippen LogP contribution is -2.50. The van der Waals surface area contributed by atoms with Crippen LogP contribution in [0.1, 0.15) is 194 Å². The van der Waals surface area contributed by atoms with Crippen LogP contribution in [-0.4, -0.2) is 80.6 Å². The highest BCUT2D eigenvalue weighted by Crippen LogP contribution is 2.14. The third-order valence-corrected chi connectivity index (χ3v) is 9.66. The van der Waals surface area contributed by atoms with Crippen LogP contribution in [0.15, 0.2) is 12.2 Å². The van der Waals surface area contributed by atoms with Gasteiger partial charge in [0.2, 0.25) is 0 Å². The zero-order valence-corrected chi connectivity index (χ0v) is 34.1. The molecule has 0 aliphatic rings. The fourth-order valence-corrected chi connectivity index (χ4v) is 6.32. The van der Waals surface area contributed by atoms with E-state index in [1.54, 1.807) is 0 Å². The van der Waals surface area contributed by atoms with Crippen LogP contribution in [0.4, 0.5) is 0 Å².